The van der Waals surface area contributed by atoms with Gasteiger partial charge in [-0.1, -0.05) is 25.9 Å². The van der Waals surface area contributed by atoms with Gasteiger partial charge in [0.1, 0.15) is 16.9 Å². The van der Waals surface area contributed by atoms with Gasteiger partial charge in [0.05, 0.1) is 18.0 Å². The summed E-state index contributed by atoms with van der Waals surface area (Å²) in [5.41, 5.74) is 3.40. The fourth-order valence-corrected chi connectivity index (χ4v) is 3.81. The highest BCUT2D eigenvalue weighted by Crippen LogP contribution is 2.30. The van der Waals surface area contributed by atoms with Crippen LogP contribution in [0.4, 0.5) is 0 Å². The lowest BCUT2D eigenvalue weighted by Gasteiger charge is -2.31. The molecule has 0 aliphatic carbocycles. The smallest absolute Gasteiger partial charge is 0.138 e. The molecule has 2 aromatic rings. The van der Waals surface area contributed by atoms with Gasteiger partial charge < -0.3 is 9.26 Å². The average Bonchev–Trinajstić information content (AvgIpc) is 3.10. The van der Waals surface area contributed by atoms with Crippen LogP contribution in [0.2, 0.25) is 0 Å². The molecule has 0 amide bonds. The minimum atomic E-state index is 0.0605. The van der Waals surface area contributed by atoms with E-state index in [2.05, 4.69) is 36.2 Å². The van der Waals surface area contributed by atoms with Crippen LogP contribution in [0.1, 0.15) is 54.6 Å². The molecule has 1 aliphatic heterocycles. The van der Waals surface area contributed by atoms with Gasteiger partial charge in [-0.15, -0.1) is 11.3 Å². The standard InChI is InChI=1S/C17H25N3O2S/c1-11-13(12(2)22-19-11)8-20-6-7-21-14(9-20)16-18-15(10-23-16)17(3,4)5/h10,14H,6-9H2,1-5H3. The van der Waals surface area contributed by atoms with Crippen molar-refractivity contribution >= 4 is 11.3 Å². The summed E-state index contributed by atoms with van der Waals surface area (Å²) in [6.45, 7) is 13.9. The van der Waals surface area contributed by atoms with Crippen molar-refractivity contribution < 1.29 is 9.26 Å². The van der Waals surface area contributed by atoms with Gasteiger partial charge in [-0.25, -0.2) is 4.98 Å². The summed E-state index contributed by atoms with van der Waals surface area (Å²) in [5.74, 6) is 0.912. The van der Waals surface area contributed by atoms with Crippen molar-refractivity contribution in [2.75, 3.05) is 19.7 Å². The third kappa shape index (κ3) is 3.65. The molecule has 1 fully saturated rings. The molecule has 23 heavy (non-hydrogen) atoms. The summed E-state index contributed by atoms with van der Waals surface area (Å²) in [6, 6.07) is 0. The van der Waals surface area contributed by atoms with Crippen LogP contribution in [0, 0.1) is 13.8 Å². The van der Waals surface area contributed by atoms with E-state index in [0.717, 1.165) is 48.4 Å². The Morgan fingerprint density at radius 2 is 2.13 bits per heavy atom. The number of thiazole rings is 1. The Hall–Kier alpha value is -1.24. The maximum atomic E-state index is 5.97. The van der Waals surface area contributed by atoms with Gasteiger partial charge in [-0.3, -0.25) is 4.90 Å². The molecule has 3 rings (SSSR count). The zero-order valence-corrected chi connectivity index (χ0v) is 15.4. The molecule has 2 aromatic heterocycles. The molecule has 1 atom stereocenters. The lowest BCUT2D eigenvalue weighted by atomic mass is 9.93. The van der Waals surface area contributed by atoms with Crippen molar-refractivity contribution in [1.29, 1.82) is 0 Å². The Kier molecular flexibility index (Phi) is 4.58. The topological polar surface area (TPSA) is 51.4 Å². The highest BCUT2D eigenvalue weighted by Gasteiger charge is 2.27. The molecule has 1 aliphatic rings. The number of hydrogen-bond acceptors (Lipinski definition) is 6. The maximum absolute atomic E-state index is 5.97. The monoisotopic (exact) mass is 335 g/mol. The van der Waals surface area contributed by atoms with Crippen LogP contribution >= 0.6 is 11.3 Å². The molecule has 0 spiro atoms. The van der Waals surface area contributed by atoms with Gasteiger partial charge in [-0.2, -0.15) is 0 Å². The molecular formula is C17H25N3O2S. The molecule has 0 saturated carbocycles. The predicted octanol–water partition coefficient (Wildman–Crippen LogP) is 3.62. The van der Waals surface area contributed by atoms with E-state index in [4.69, 9.17) is 14.2 Å². The summed E-state index contributed by atoms with van der Waals surface area (Å²) in [4.78, 5) is 7.21. The van der Waals surface area contributed by atoms with Gasteiger partial charge >= 0.3 is 0 Å². The van der Waals surface area contributed by atoms with E-state index in [-0.39, 0.29) is 11.5 Å². The van der Waals surface area contributed by atoms with Crippen LogP contribution in [0.5, 0.6) is 0 Å². The SMILES string of the molecule is Cc1noc(C)c1CN1CCOC(c2nc(C(C)(C)C)cs2)C1. The van der Waals surface area contributed by atoms with Crippen molar-refractivity contribution in [2.24, 2.45) is 0 Å². The van der Waals surface area contributed by atoms with Crippen molar-refractivity contribution in [3.05, 3.63) is 33.1 Å². The van der Waals surface area contributed by atoms with Crippen LogP contribution in [-0.2, 0) is 16.7 Å². The lowest BCUT2D eigenvalue weighted by Crippen LogP contribution is -2.38. The second-order valence-corrected chi connectivity index (χ2v) is 8.11. The van der Waals surface area contributed by atoms with E-state index in [9.17, 15) is 0 Å². The number of nitrogens with zero attached hydrogens (tertiary/aromatic N) is 3. The number of hydrogen-bond donors (Lipinski definition) is 0. The van der Waals surface area contributed by atoms with E-state index < -0.39 is 0 Å². The molecule has 3 heterocycles. The zero-order valence-electron chi connectivity index (χ0n) is 14.5. The average molecular weight is 335 g/mol. The first-order valence-electron chi connectivity index (χ1n) is 8.06. The second kappa shape index (κ2) is 6.34. The van der Waals surface area contributed by atoms with E-state index in [1.165, 1.54) is 5.56 Å². The molecular weight excluding hydrogens is 310 g/mol. The van der Waals surface area contributed by atoms with Crippen molar-refractivity contribution in [3.8, 4) is 0 Å². The Labute approximate surface area is 141 Å². The third-order valence-corrected chi connectivity index (χ3v) is 5.22. The van der Waals surface area contributed by atoms with Gasteiger partial charge in [0, 0.05) is 36.0 Å². The molecule has 0 radical (unpaired) electrons. The third-order valence-electron chi connectivity index (χ3n) is 4.28. The number of aromatic nitrogens is 2. The highest BCUT2D eigenvalue weighted by molar-refractivity contribution is 7.09. The van der Waals surface area contributed by atoms with Gasteiger partial charge in [0.15, 0.2) is 0 Å². The van der Waals surface area contributed by atoms with Gasteiger partial charge in [0.25, 0.3) is 0 Å². The first kappa shape index (κ1) is 16.6. The van der Waals surface area contributed by atoms with E-state index in [1.807, 2.05) is 13.8 Å². The van der Waals surface area contributed by atoms with Crippen LogP contribution in [0.25, 0.3) is 0 Å². The number of rotatable bonds is 3. The number of aryl methyl sites for hydroxylation is 2. The summed E-state index contributed by atoms with van der Waals surface area (Å²) < 4.78 is 11.2. The molecule has 126 valence electrons. The lowest BCUT2D eigenvalue weighted by molar-refractivity contribution is -0.0332. The van der Waals surface area contributed by atoms with Crippen LogP contribution in [0.15, 0.2) is 9.90 Å². The summed E-state index contributed by atoms with van der Waals surface area (Å²) in [5, 5.41) is 7.29. The predicted molar refractivity (Wildman–Crippen MR) is 90.8 cm³/mol. The Balaban J connectivity index is 1.70. The fraction of sp³-hybridized carbons (Fsp3) is 0.647. The molecule has 5 nitrogen and oxygen atoms in total. The summed E-state index contributed by atoms with van der Waals surface area (Å²) in [6.07, 6.45) is 0.0605. The van der Waals surface area contributed by atoms with Crippen LogP contribution in [0.3, 0.4) is 0 Å². The molecule has 1 unspecified atom stereocenters. The first-order chi connectivity index (χ1) is 10.8. The Bertz CT molecular complexity index is 652. The molecule has 0 bridgehead atoms. The number of ether oxygens (including phenoxy) is 1. The zero-order chi connectivity index (χ0) is 16.6. The van der Waals surface area contributed by atoms with Crippen molar-refractivity contribution in [3.63, 3.8) is 0 Å². The molecule has 0 N–H and O–H groups in total. The van der Waals surface area contributed by atoms with Crippen molar-refractivity contribution in [2.45, 2.75) is 52.7 Å². The maximum Gasteiger partial charge on any atom is 0.138 e. The Morgan fingerprint density at radius 3 is 2.74 bits per heavy atom. The fourth-order valence-electron chi connectivity index (χ4n) is 2.73. The quantitative estimate of drug-likeness (QED) is 0.857. The van der Waals surface area contributed by atoms with Crippen molar-refractivity contribution in [1.82, 2.24) is 15.0 Å². The molecule has 0 aromatic carbocycles. The van der Waals surface area contributed by atoms with E-state index in [0.29, 0.717) is 0 Å². The van der Waals surface area contributed by atoms with E-state index >= 15 is 0 Å². The normalized spacial score (nSPS) is 20.1. The minimum absolute atomic E-state index is 0.0605. The van der Waals surface area contributed by atoms with E-state index in [1.54, 1.807) is 11.3 Å². The molecule has 1 saturated heterocycles. The summed E-state index contributed by atoms with van der Waals surface area (Å²) in [7, 11) is 0. The van der Waals surface area contributed by atoms with Gasteiger partial charge in [-0.05, 0) is 13.8 Å². The Morgan fingerprint density at radius 1 is 1.35 bits per heavy atom. The first-order valence-corrected chi connectivity index (χ1v) is 8.94. The highest BCUT2D eigenvalue weighted by atomic mass is 32.1. The largest absolute Gasteiger partial charge is 0.368 e. The van der Waals surface area contributed by atoms with Gasteiger partial charge in [0.2, 0.25) is 0 Å². The van der Waals surface area contributed by atoms with Crippen LogP contribution < -0.4 is 0 Å². The molecule has 6 heteroatoms. The summed E-state index contributed by atoms with van der Waals surface area (Å²) >= 11 is 1.71. The second-order valence-electron chi connectivity index (χ2n) is 7.22. The minimum Gasteiger partial charge on any atom is -0.368 e. The number of morpholine rings is 1. The van der Waals surface area contributed by atoms with Crippen LogP contribution in [-0.4, -0.2) is 34.7 Å².